The van der Waals surface area contributed by atoms with E-state index in [0.29, 0.717) is 13.2 Å². The van der Waals surface area contributed by atoms with Crippen molar-refractivity contribution in [2.45, 2.75) is 51.8 Å². The number of likely N-dealkylation sites (tertiary alicyclic amines) is 1. The molecule has 136 valence electrons. The zero-order chi connectivity index (χ0) is 18.2. The second kappa shape index (κ2) is 6.58. The molecule has 1 N–H and O–H groups in total. The Hall–Kier alpha value is -2.24. The van der Waals surface area contributed by atoms with Crippen LogP contribution in [0, 0.1) is 5.92 Å². The highest BCUT2D eigenvalue weighted by Crippen LogP contribution is 2.46. The Bertz CT molecular complexity index is 668. The number of rotatable bonds is 2. The molecule has 3 atom stereocenters. The number of carbonyl (C=O) groups excluding carboxylic acids is 2. The van der Waals surface area contributed by atoms with E-state index in [1.54, 1.807) is 11.8 Å². The molecule has 2 heterocycles. The number of amides is 1. The van der Waals surface area contributed by atoms with Crippen molar-refractivity contribution in [1.82, 2.24) is 4.90 Å². The van der Waals surface area contributed by atoms with Crippen LogP contribution in [-0.2, 0) is 14.3 Å². The van der Waals surface area contributed by atoms with Crippen molar-refractivity contribution >= 4 is 17.7 Å². The summed E-state index contributed by atoms with van der Waals surface area (Å²) >= 11 is 0. The van der Waals surface area contributed by atoms with E-state index in [-0.39, 0.29) is 24.0 Å². The molecule has 6 heteroatoms. The van der Waals surface area contributed by atoms with E-state index in [0.717, 1.165) is 17.7 Å². The van der Waals surface area contributed by atoms with Crippen LogP contribution in [0.1, 0.15) is 45.7 Å². The molecule has 0 bridgehead atoms. The minimum Gasteiger partial charge on any atom is -0.464 e. The minimum absolute atomic E-state index is 0.0264. The quantitative estimate of drug-likeness (QED) is 0.832. The van der Waals surface area contributed by atoms with Gasteiger partial charge in [-0.2, -0.15) is 0 Å². The Labute approximate surface area is 148 Å². The van der Waals surface area contributed by atoms with E-state index in [2.05, 4.69) is 5.32 Å². The Balaban J connectivity index is 1.93. The molecule has 0 unspecified atom stereocenters. The third-order valence-electron chi connectivity index (χ3n) is 4.63. The molecular formula is C19H26N2O4. The number of hydrogen-bond acceptors (Lipinski definition) is 5. The van der Waals surface area contributed by atoms with Crippen molar-refractivity contribution in [1.29, 1.82) is 0 Å². The van der Waals surface area contributed by atoms with Gasteiger partial charge in [-0.05, 0) is 45.7 Å². The molecule has 0 aliphatic carbocycles. The van der Waals surface area contributed by atoms with Gasteiger partial charge in [-0.15, -0.1) is 0 Å². The van der Waals surface area contributed by atoms with Crippen LogP contribution in [0.25, 0.3) is 0 Å². The molecule has 1 aromatic rings. The molecule has 1 fully saturated rings. The van der Waals surface area contributed by atoms with Crippen LogP contribution in [0.4, 0.5) is 10.5 Å². The first-order valence-corrected chi connectivity index (χ1v) is 8.83. The largest absolute Gasteiger partial charge is 0.464 e. The zero-order valence-corrected chi connectivity index (χ0v) is 15.2. The summed E-state index contributed by atoms with van der Waals surface area (Å²) in [6.07, 6.45) is 0.397. The normalized spacial score (nSPS) is 24.8. The summed E-state index contributed by atoms with van der Waals surface area (Å²) in [6.45, 7) is 8.28. The van der Waals surface area contributed by atoms with Crippen molar-refractivity contribution in [3.63, 3.8) is 0 Å². The molecule has 3 rings (SSSR count). The molecule has 1 saturated heterocycles. The van der Waals surface area contributed by atoms with E-state index < -0.39 is 11.6 Å². The van der Waals surface area contributed by atoms with Gasteiger partial charge in [-0.25, -0.2) is 9.59 Å². The lowest BCUT2D eigenvalue weighted by molar-refractivity contribution is -0.145. The maximum absolute atomic E-state index is 12.7. The number of anilines is 1. The second-order valence-corrected chi connectivity index (χ2v) is 7.53. The molecule has 2 aliphatic rings. The van der Waals surface area contributed by atoms with Crippen LogP contribution >= 0.6 is 0 Å². The summed E-state index contributed by atoms with van der Waals surface area (Å²) < 4.78 is 10.8. The molecule has 0 saturated carbocycles. The number of ether oxygens (including phenoxy) is 2. The van der Waals surface area contributed by atoms with Crippen LogP contribution in [0.15, 0.2) is 24.3 Å². The average molecular weight is 346 g/mol. The van der Waals surface area contributed by atoms with Gasteiger partial charge in [0.1, 0.15) is 11.6 Å². The summed E-state index contributed by atoms with van der Waals surface area (Å²) in [5.74, 6) is -0.292. The lowest BCUT2D eigenvalue weighted by Crippen LogP contribution is -2.46. The fourth-order valence-electron chi connectivity index (χ4n) is 3.72. The smallest absolute Gasteiger partial charge is 0.410 e. The van der Waals surface area contributed by atoms with Crippen LogP contribution in [-0.4, -0.2) is 41.8 Å². The maximum atomic E-state index is 12.7. The van der Waals surface area contributed by atoms with Crippen LogP contribution in [0.5, 0.6) is 0 Å². The predicted molar refractivity (Wildman–Crippen MR) is 94.3 cm³/mol. The van der Waals surface area contributed by atoms with E-state index in [1.165, 1.54) is 0 Å². The molecule has 0 aromatic heterocycles. The number of nitrogens with one attached hydrogen (secondary N) is 1. The molecule has 0 spiro atoms. The molecule has 1 amide bonds. The van der Waals surface area contributed by atoms with Gasteiger partial charge in [-0.3, -0.25) is 0 Å². The van der Waals surface area contributed by atoms with E-state index in [1.807, 2.05) is 45.0 Å². The van der Waals surface area contributed by atoms with Crippen molar-refractivity contribution in [3.05, 3.63) is 29.8 Å². The van der Waals surface area contributed by atoms with E-state index >= 15 is 0 Å². The van der Waals surface area contributed by atoms with E-state index in [4.69, 9.17) is 9.47 Å². The lowest BCUT2D eigenvalue weighted by atomic mass is 9.83. The van der Waals surface area contributed by atoms with Crippen LogP contribution < -0.4 is 5.32 Å². The Morgan fingerprint density at radius 1 is 1.28 bits per heavy atom. The standard InChI is InChI=1S/C19H26N2O4/c1-5-24-17(22)15-13-10-11-21(18(23)25-19(2,3)4)16(13)12-8-6-7-9-14(12)20-15/h6-9,13,15-16,20H,5,10-11H2,1-4H3/t13-,15-,16+/m1/s1. The highest BCUT2D eigenvalue weighted by molar-refractivity contribution is 5.82. The van der Waals surface area contributed by atoms with Gasteiger partial charge in [-0.1, -0.05) is 18.2 Å². The fourth-order valence-corrected chi connectivity index (χ4v) is 3.72. The van der Waals surface area contributed by atoms with Crippen LogP contribution in [0.2, 0.25) is 0 Å². The summed E-state index contributed by atoms with van der Waals surface area (Å²) in [7, 11) is 0. The van der Waals surface area contributed by atoms with Gasteiger partial charge < -0.3 is 19.7 Å². The van der Waals surface area contributed by atoms with Gasteiger partial charge in [0.25, 0.3) is 0 Å². The van der Waals surface area contributed by atoms with Gasteiger partial charge in [0.15, 0.2) is 0 Å². The third-order valence-corrected chi connectivity index (χ3v) is 4.63. The predicted octanol–water partition coefficient (Wildman–Crippen LogP) is 3.34. The molecule has 25 heavy (non-hydrogen) atoms. The van der Waals surface area contributed by atoms with Crippen LogP contribution in [0.3, 0.4) is 0 Å². The summed E-state index contributed by atoms with van der Waals surface area (Å²) in [5.41, 5.74) is 1.34. The topological polar surface area (TPSA) is 67.9 Å². The number of para-hydroxylation sites is 1. The molecular weight excluding hydrogens is 320 g/mol. The number of benzene rings is 1. The number of hydrogen-bond donors (Lipinski definition) is 1. The van der Waals surface area contributed by atoms with Crippen molar-refractivity contribution in [3.8, 4) is 0 Å². The zero-order valence-electron chi connectivity index (χ0n) is 15.2. The second-order valence-electron chi connectivity index (χ2n) is 7.53. The van der Waals surface area contributed by atoms with Gasteiger partial charge >= 0.3 is 12.1 Å². The van der Waals surface area contributed by atoms with E-state index in [9.17, 15) is 9.59 Å². The summed E-state index contributed by atoms with van der Waals surface area (Å²) in [6, 6.07) is 7.18. The van der Waals surface area contributed by atoms with Crippen molar-refractivity contribution in [2.75, 3.05) is 18.5 Å². The monoisotopic (exact) mass is 346 g/mol. The first kappa shape index (κ1) is 17.6. The first-order valence-electron chi connectivity index (χ1n) is 8.83. The molecule has 2 aliphatic heterocycles. The average Bonchev–Trinajstić information content (AvgIpc) is 2.98. The van der Waals surface area contributed by atoms with Gasteiger partial charge in [0, 0.05) is 18.2 Å². The minimum atomic E-state index is -0.553. The van der Waals surface area contributed by atoms with Gasteiger partial charge in [0.2, 0.25) is 0 Å². The SMILES string of the molecule is CCOC(=O)[C@@H]1Nc2ccccc2[C@H]2[C@@H]1CCN2C(=O)OC(C)(C)C. The molecule has 1 aromatic carbocycles. The summed E-state index contributed by atoms with van der Waals surface area (Å²) in [4.78, 5) is 26.9. The highest BCUT2D eigenvalue weighted by atomic mass is 16.6. The third kappa shape index (κ3) is 3.43. The number of fused-ring (bicyclic) bond motifs is 3. The maximum Gasteiger partial charge on any atom is 0.410 e. The molecule has 0 radical (unpaired) electrons. The number of carbonyl (C=O) groups is 2. The van der Waals surface area contributed by atoms with Crippen molar-refractivity contribution in [2.24, 2.45) is 5.92 Å². The van der Waals surface area contributed by atoms with Crippen molar-refractivity contribution < 1.29 is 19.1 Å². The Morgan fingerprint density at radius 3 is 2.68 bits per heavy atom. The first-order chi connectivity index (χ1) is 11.8. The number of esters is 1. The molecule has 6 nitrogen and oxygen atoms in total. The number of nitrogens with zero attached hydrogens (tertiary/aromatic N) is 1. The summed E-state index contributed by atoms with van der Waals surface area (Å²) in [5, 5.41) is 3.31. The fraction of sp³-hybridized carbons (Fsp3) is 0.579. The highest BCUT2D eigenvalue weighted by Gasteiger charge is 2.49. The Kier molecular flexibility index (Phi) is 4.62. The Morgan fingerprint density at radius 2 is 2.00 bits per heavy atom. The lowest BCUT2D eigenvalue weighted by Gasteiger charge is -2.38. The van der Waals surface area contributed by atoms with Gasteiger partial charge in [0.05, 0.1) is 12.6 Å².